The Labute approximate surface area is 131 Å². The maximum Gasteiger partial charge on any atom is 0.224 e. The molecule has 112 valence electrons. The molecular weight excluding hydrogens is 293 g/mol. The van der Waals surface area contributed by atoms with E-state index in [4.69, 9.17) is 23.2 Å². The third-order valence-electron chi connectivity index (χ3n) is 3.21. The van der Waals surface area contributed by atoms with Gasteiger partial charge in [-0.2, -0.15) is 0 Å². The average Bonchev–Trinajstić information content (AvgIpc) is 2.42. The smallest absolute Gasteiger partial charge is 0.224 e. The van der Waals surface area contributed by atoms with Crippen molar-refractivity contribution in [3.63, 3.8) is 0 Å². The largest absolute Gasteiger partial charge is 0.326 e. The van der Waals surface area contributed by atoms with Crippen molar-refractivity contribution in [1.29, 1.82) is 0 Å². The topological polar surface area (TPSA) is 29.1 Å². The minimum Gasteiger partial charge on any atom is -0.326 e. The lowest BCUT2D eigenvalue weighted by atomic mass is 10.1. The fourth-order valence-corrected chi connectivity index (χ4v) is 2.34. The molecule has 0 aliphatic heterocycles. The lowest BCUT2D eigenvalue weighted by molar-refractivity contribution is -0.116. The first-order valence-electron chi connectivity index (χ1n) is 7.38. The molecule has 1 amide bonds. The summed E-state index contributed by atoms with van der Waals surface area (Å²) >= 11 is 11.7. The Balaban J connectivity index is 2.15. The van der Waals surface area contributed by atoms with E-state index in [1.165, 1.54) is 32.1 Å². The predicted octanol–water partition coefficient (Wildman–Crippen LogP) is 6.07. The van der Waals surface area contributed by atoms with Crippen LogP contribution in [-0.4, -0.2) is 5.91 Å². The highest BCUT2D eigenvalue weighted by atomic mass is 35.5. The summed E-state index contributed by atoms with van der Waals surface area (Å²) in [6, 6.07) is 5.12. The lowest BCUT2D eigenvalue weighted by Crippen LogP contribution is -2.10. The van der Waals surface area contributed by atoms with Gasteiger partial charge in [0.05, 0.1) is 10.0 Å². The average molecular weight is 316 g/mol. The molecule has 2 nitrogen and oxygen atoms in total. The standard InChI is InChI=1S/C16H23Cl2NO/c1-2-3-4-5-6-7-8-9-16(20)19-13-10-11-14(17)15(18)12-13/h10-12H,2-9H2,1H3,(H,19,20). The molecule has 0 aliphatic carbocycles. The molecule has 0 aliphatic rings. The van der Waals surface area contributed by atoms with E-state index >= 15 is 0 Å². The zero-order valence-electron chi connectivity index (χ0n) is 12.1. The predicted molar refractivity (Wildman–Crippen MR) is 87.7 cm³/mol. The number of carbonyl (C=O) groups is 1. The van der Waals surface area contributed by atoms with Gasteiger partial charge in [-0.3, -0.25) is 4.79 Å². The van der Waals surface area contributed by atoms with Crippen molar-refractivity contribution in [2.24, 2.45) is 0 Å². The van der Waals surface area contributed by atoms with Gasteiger partial charge in [-0.1, -0.05) is 68.7 Å². The first-order chi connectivity index (χ1) is 9.63. The first-order valence-corrected chi connectivity index (χ1v) is 8.14. The molecular formula is C16H23Cl2NO. The van der Waals surface area contributed by atoms with Gasteiger partial charge < -0.3 is 5.32 Å². The van der Waals surface area contributed by atoms with Gasteiger partial charge in [0.25, 0.3) is 0 Å². The number of unbranched alkanes of at least 4 members (excludes halogenated alkanes) is 6. The zero-order chi connectivity index (χ0) is 14.8. The van der Waals surface area contributed by atoms with E-state index in [2.05, 4.69) is 12.2 Å². The molecule has 0 unspecified atom stereocenters. The van der Waals surface area contributed by atoms with Crippen LogP contribution in [0.4, 0.5) is 5.69 Å². The third kappa shape index (κ3) is 7.16. The van der Waals surface area contributed by atoms with Crippen molar-refractivity contribution in [3.8, 4) is 0 Å². The molecule has 0 bridgehead atoms. The molecule has 0 saturated heterocycles. The number of nitrogens with one attached hydrogen (secondary N) is 1. The number of hydrogen-bond donors (Lipinski definition) is 1. The van der Waals surface area contributed by atoms with Crippen LogP contribution in [-0.2, 0) is 4.79 Å². The number of anilines is 1. The number of amides is 1. The highest BCUT2D eigenvalue weighted by Crippen LogP contribution is 2.25. The van der Waals surface area contributed by atoms with Crippen molar-refractivity contribution in [3.05, 3.63) is 28.2 Å². The molecule has 1 aromatic rings. The maximum atomic E-state index is 11.8. The Morgan fingerprint density at radius 3 is 2.30 bits per heavy atom. The van der Waals surface area contributed by atoms with Gasteiger partial charge in [0.1, 0.15) is 0 Å². The Bertz CT molecular complexity index is 421. The van der Waals surface area contributed by atoms with Crippen LogP contribution in [0, 0.1) is 0 Å². The normalized spacial score (nSPS) is 10.6. The van der Waals surface area contributed by atoms with Gasteiger partial charge in [-0.05, 0) is 24.6 Å². The Morgan fingerprint density at radius 1 is 1.00 bits per heavy atom. The lowest BCUT2D eigenvalue weighted by Gasteiger charge is -2.06. The summed E-state index contributed by atoms with van der Waals surface area (Å²) in [5, 5.41) is 3.79. The molecule has 4 heteroatoms. The van der Waals surface area contributed by atoms with Crippen molar-refractivity contribution < 1.29 is 4.79 Å². The molecule has 1 aromatic carbocycles. The highest BCUT2D eigenvalue weighted by Gasteiger charge is 2.04. The monoisotopic (exact) mass is 315 g/mol. The molecule has 0 atom stereocenters. The molecule has 1 rings (SSSR count). The second kappa shape index (κ2) is 10.1. The second-order valence-corrected chi connectivity index (χ2v) is 5.86. The van der Waals surface area contributed by atoms with Gasteiger partial charge >= 0.3 is 0 Å². The van der Waals surface area contributed by atoms with E-state index in [1.807, 2.05) is 0 Å². The minimum absolute atomic E-state index is 0.0388. The van der Waals surface area contributed by atoms with Crippen LogP contribution >= 0.6 is 23.2 Å². The van der Waals surface area contributed by atoms with Crippen molar-refractivity contribution in [2.75, 3.05) is 5.32 Å². The van der Waals surface area contributed by atoms with E-state index in [9.17, 15) is 4.79 Å². The van der Waals surface area contributed by atoms with Gasteiger partial charge in [-0.15, -0.1) is 0 Å². The van der Waals surface area contributed by atoms with Crippen LogP contribution in [0.2, 0.25) is 10.0 Å². The van der Waals surface area contributed by atoms with E-state index in [1.54, 1.807) is 18.2 Å². The van der Waals surface area contributed by atoms with Crippen LogP contribution < -0.4 is 5.32 Å². The molecule has 0 spiro atoms. The molecule has 20 heavy (non-hydrogen) atoms. The highest BCUT2D eigenvalue weighted by molar-refractivity contribution is 6.42. The number of rotatable bonds is 9. The third-order valence-corrected chi connectivity index (χ3v) is 3.95. The molecule has 0 heterocycles. The van der Waals surface area contributed by atoms with Crippen LogP contribution in [0.25, 0.3) is 0 Å². The number of halogens is 2. The van der Waals surface area contributed by atoms with Gasteiger partial charge in [0.15, 0.2) is 0 Å². The second-order valence-electron chi connectivity index (χ2n) is 5.05. The van der Waals surface area contributed by atoms with Crippen molar-refractivity contribution >= 4 is 34.8 Å². The molecule has 1 N–H and O–H groups in total. The van der Waals surface area contributed by atoms with Gasteiger partial charge in [0, 0.05) is 12.1 Å². The van der Waals surface area contributed by atoms with Crippen LogP contribution in [0.15, 0.2) is 18.2 Å². The van der Waals surface area contributed by atoms with Crippen molar-refractivity contribution in [2.45, 2.75) is 58.3 Å². The molecule has 0 radical (unpaired) electrons. The van der Waals surface area contributed by atoms with Crippen LogP contribution in [0.3, 0.4) is 0 Å². The Hall–Kier alpha value is -0.730. The summed E-state index contributed by atoms with van der Waals surface area (Å²) < 4.78 is 0. The fraction of sp³-hybridized carbons (Fsp3) is 0.562. The minimum atomic E-state index is 0.0388. The van der Waals surface area contributed by atoms with Gasteiger partial charge in [0.2, 0.25) is 5.91 Å². The number of benzene rings is 1. The molecule has 0 aromatic heterocycles. The van der Waals surface area contributed by atoms with E-state index in [0.717, 1.165) is 12.8 Å². The van der Waals surface area contributed by atoms with Crippen molar-refractivity contribution in [1.82, 2.24) is 0 Å². The summed E-state index contributed by atoms with van der Waals surface area (Å²) in [5.74, 6) is 0.0388. The van der Waals surface area contributed by atoms with E-state index in [-0.39, 0.29) is 5.91 Å². The summed E-state index contributed by atoms with van der Waals surface area (Å²) in [6.45, 7) is 2.22. The van der Waals surface area contributed by atoms with Crippen LogP contribution in [0.5, 0.6) is 0 Å². The Kier molecular flexibility index (Phi) is 8.72. The zero-order valence-corrected chi connectivity index (χ0v) is 13.6. The first kappa shape index (κ1) is 17.3. The SMILES string of the molecule is CCCCCCCCCC(=O)Nc1ccc(Cl)c(Cl)c1. The van der Waals surface area contributed by atoms with Crippen LogP contribution in [0.1, 0.15) is 58.3 Å². The summed E-state index contributed by atoms with van der Waals surface area (Å²) in [4.78, 5) is 11.8. The summed E-state index contributed by atoms with van der Waals surface area (Å²) in [7, 11) is 0. The fourth-order valence-electron chi connectivity index (χ4n) is 2.04. The summed E-state index contributed by atoms with van der Waals surface area (Å²) in [6.07, 6.45) is 9.03. The molecule has 0 fully saturated rings. The Morgan fingerprint density at radius 2 is 1.65 bits per heavy atom. The van der Waals surface area contributed by atoms with E-state index in [0.29, 0.717) is 22.2 Å². The molecule has 0 saturated carbocycles. The number of carbonyl (C=O) groups excluding carboxylic acids is 1. The summed E-state index contributed by atoms with van der Waals surface area (Å²) in [5.41, 5.74) is 0.701. The maximum absolute atomic E-state index is 11.8. The number of hydrogen-bond acceptors (Lipinski definition) is 1. The van der Waals surface area contributed by atoms with E-state index < -0.39 is 0 Å². The van der Waals surface area contributed by atoms with Gasteiger partial charge in [-0.25, -0.2) is 0 Å². The quantitative estimate of drug-likeness (QED) is 0.550.